The van der Waals surface area contributed by atoms with Crippen LogP contribution in [0.15, 0.2) is 30.3 Å². The maximum atomic E-state index is 9.76. The molecule has 2 aliphatic heterocycles. The zero-order valence-electron chi connectivity index (χ0n) is 20.5. The standard InChI is InChI=1S/C26H33N5O4/c1-16-14-34-10-8-21(16)28-26-29-24-20(25(30-26)31-9-11-35-15-17(31)2)5-6-22(27-24)18-4-7-23(33-3)19(12-18)13-32/h4-7,12,16-17,21,32H,8-11,13-15H2,1-3H3,(H,27,28,29,30). The predicted octanol–water partition coefficient (Wildman–Crippen LogP) is 3.25. The summed E-state index contributed by atoms with van der Waals surface area (Å²) >= 11 is 0. The van der Waals surface area contributed by atoms with Crippen LogP contribution in [0.25, 0.3) is 22.3 Å². The van der Waals surface area contributed by atoms with Crippen molar-refractivity contribution in [3.63, 3.8) is 0 Å². The summed E-state index contributed by atoms with van der Waals surface area (Å²) < 4.78 is 16.6. The van der Waals surface area contributed by atoms with Gasteiger partial charge < -0.3 is 29.5 Å². The topological polar surface area (TPSA) is 102 Å². The molecule has 9 heteroatoms. The van der Waals surface area contributed by atoms with Crippen molar-refractivity contribution in [2.45, 2.75) is 39.0 Å². The number of aromatic nitrogens is 3. The first kappa shape index (κ1) is 23.7. The maximum Gasteiger partial charge on any atom is 0.226 e. The van der Waals surface area contributed by atoms with Crippen LogP contribution in [0.3, 0.4) is 0 Å². The highest BCUT2D eigenvalue weighted by molar-refractivity contribution is 5.90. The Morgan fingerprint density at radius 3 is 2.71 bits per heavy atom. The van der Waals surface area contributed by atoms with Crippen LogP contribution < -0.4 is 15.0 Å². The lowest BCUT2D eigenvalue weighted by Gasteiger charge is -2.35. The van der Waals surface area contributed by atoms with Crippen LogP contribution in [0.4, 0.5) is 11.8 Å². The SMILES string of the molecule is COc1ccc(-c2ccc3c(N4CCOCC4C)nc(NC4CCOCC4C)nc3n2)cc1CO. The van der Waals surface area contributed by atoms with Crippen molar-refractivity contribution < 1.29 is 19.3 Å². The Morgan fingerprint density at radius 1 is 1.09 bits per heavy atom. The van der Waals surface area contributed by atoms with E-state index < -0.39 is 0 Å². The van der Waals surface area contributed by atoms with Crippen molar-refractivity contribution in [3.05, 3.63) is 35.9 Å². The van der Waals surface area contributed by atoms with Crippen molar-refractivity contribution in [2.75, 3.05) is 50.3 Å². The van der Waals surface area contributed by atoms with E-state index in [9.17, 15) is 5.11 Å². The Labute approximate surface area is 205 Å². The molecular weight excluding hydrogens is 446 g/mol. The number of nitrogens with zero attached hydrogens (tertiary/aromatic N) is 4. The minimum Gasteiger partial charge on any atom is -0.496 e. The number of morpholine rings is 1. The van der Waals surface area contributed by atoms with Crippen LogP contribution in [0.5, 0.6) is 5.75 Å². The van der Waals surface area contributed by atoms with Crippen molar-refractivity contribution >= 4 is 22.8 Å². The van der Waals surface area contributed by atoms with Gasteiger partial charge in [0.25, 0.3) is 0 Å². The number of pyridine rings is 1. The van der Waals surface area contributed by atoms with E-state index in [0.717, 1.165) is 48.6 Å². The van der Waals surface area contributed by atoms with Crippen LogP contribution in [0.2, 0.25) is 0 Å². The lowest BCUT2D eigenvalue weighted by Crippen LogP contribution is -2.44. The highest BCUT2D eigenvalue weighted by Gasteiger charge is 2.26. The van der Waals surface area contributed by atoms with E-state index in [4.69, 9.17) is 29.2 Å². The molecule has 2 saturated heterocycles. The first-order chi connectivity index (χ1) is 17.1. The van der Waals surface area contributed by atoms with E-state index in [1.54, 1.807) is 7.11 Å². The van der Waals surface area contributed by atoms with Crippen LogP contribution in [-0.2, 0) is 16.1 Å². The van der Waals surface area contributed by atoms with Crippen molar-refractivity contribution in [1.29, 1.82) is 0 Å². The number of hydrogen-bond acceptors (Lipinski definition) is 9. The van der Waals surface area contributed by atoms with E-state index in [0.29, 0.717) is 42.0 Å². The smallest absolute Gasteiger partial charge is 0.226 e. The molecule has 35 heavy (non-hydrogen) atoms. The van der Waals surface area contributed by atoms with Crippen molar-refractivity contribution in [1.82, 2.24) is 15.0 Å². The summed E-state index contributed by atoms with van der Waals surface area (Å²) in [5.74, 6) is 2.47. The quantitative estimate of drug-likeness (QED) is 0.552. The van der Waals surface area contributed by atoms with Gasteiger partial charge in [-0.05, 0) is 49.6 Å². The molecule has 3 unspecified atom stereocenters. The van der Waals surface area contributed by atoms with Crippen LogP contribution in [0, 0.1) is 5.92 Å². The second kappa shape index (κ2) is 10.3. The molecule has 0 spiro atoms. The number of aliphatic hydroxyl groups is 1. The van der Waals surface area contributed by atoms with Gasteiger partial charge in [-0.15, -0.1) is 0 Å². The molecule has 5 rings (SSSR count). The molecule has 2 fully saturated rings. The molecule has 186 valence electrons. The largest absolute Gasteiger partial charge is 0.496 e. The molecule has 2 N–H and O–H groups in total. The Balaban J connectivity index is 1.58. The lowest BCUT2D eigenvalue weighted by molar-refractivity contribution is 0.0536. The van der Waals surface area contributed by atoms with E-state index >= 15 is 0 Å². The molecule has 1 aromatic carbocycles. The van der Waals surface area contributed by atoms with Gasteiger partial charge in [-0.3, -0.25) is 0 Å². The number of methoxy groups -OCH3 is 1. The number of fused-ring (bicyclic) bond motifs is 1. The summed E-state index contributed by atoms with van der Waals surface area (Å²) in [6.45, 7) is 7.77. The fourth-order valence-electron chi connectivity index (χ4n) is 4.80. The molecule has 0 bridgehead atoms. The fourth-order valence-corrected chi connectivity index (χ4v) is 4.80. The molecule has 0 radical (unpaired) electrons. The Hall–Kier alpha value is -3.01. The zero-order valence-corrected chi connectivity index (χ0v) is 20.5. The zero-order chi connectivity index (χ0) is 24.4. The third kappa shape index (κ3) is 4.89. The normalized spacial score (nSPS) is 22.9. The van der Waals surface area contributed by atoms with Gasteiger partial charge in [0.05, 0.1) is 50.7 Å². The van der Waals surface area contributed by atoms with Crippen LogP contribution >= 0.6 is 0 Å². The van der Waals surface area contributed by atoms with E-state index in [1.807, 2.05) is 30.3 Å². The summed E-state index contributed by atoms with van der Waals surface area (Å²) in [5.41, 5.74) is 3.02. The van der Waals surface area contributed by atoms with E-state index in [1.165, 1.54) is 0 Å². The summed E-state index contributed by atoms with van der Waals surface area (Å²) in [6.07, 6.45) is 0.912. The first-order valence-electron chi connectivity index (χ1n) is 12.2. The van der Waals surface area contributed by atoms with Crippen molar-refractivity contribution in [3.8, 4) is 17.0 Å². The van der Waals surface area contributed by atoms with Gasteiger partial charge in [0.2, 0.25) is 5.95 Å². The molecular formula is C26H33N5O4. The second-order valence-electron chi connectivity index (χ2n) is 9.33. The Morgan fingerprint density at radius 2 is 1.94 bits per heavy atom. The van der Waals surface area contributed by atoms with Gasteiger partial charge in [0.1, 0.15) is 11.6 Å². The molecule has 2 aromatic heterocycles. The summed E-state index contributed by atoms with van der Waals surface area (Å²) in [4.78, 5) is 17.0. The molecule has 0 saturated carbocycles. The van der Waals surface area contributed by atoms with Gasteiger partial charge in [-0.1, -0.05) is 6.92 Å². The average Bonchev–Trinajstić information content (AvgIpc) is 2.89. The lowest BCUT2D eigenvalue weighted by atomic mass is 9.98. The third-order valence-corrected chi connectivity index (χ3v) is 6.88. The Bertz CT molecular complexity index is 1190. The summed E-state index contributed by atoms with van der Waals surface area (Å²) in [7, 11) is 1.60. The number of anilines is 2. The number of hydrogen-bond donors (Lipinski definition) is 2. The number of nitrogens with one attached hydrogen (secondary N) is 1. The fraction of sp³-hybridized carbons (Fsp3) is 0.500. The first-order valence-corrected chi connectivity index (χ1v) is 12.2. The van der Waals surface area contributed by atoms with Crippen LogP contribution in [0.1, 0.15) is 25.8 Å². The summed E-state index contributed by atoms with van der Waals surface area (Å²) in [6, 6.07) is 10.2. The van der Waals surface area contributed by atoms with E-state index in [2.05, 4.69) is 24.1 Å². The summed E-state index contributed by atoms with van der Waals surface area (Å²) in [5, 5.41) is 14.2. The molecule has 3 aromatic rings. The minimum absolute atomic E-state index is 0.108. The molecule has 9 nitrogen and oxygen atoms in total. The van der Waals surface area contributed by atoms with Gasteiger partial charge in [-0.25, -0.2) is 4.98 Å². The molecule has 4 heterocycles. The second-order valence-corrected chi connectivity index (χ2v) is 9.33. The molecule has 0 aliphatic carbocycles. The monoisotopic (exact) mass is 479 g/mol. The molecule has 0 amide bonds. The van der Waals surface area contributed by atoms with Gasteiger partial charge in [-0.2, -0.15) is 9.97 Å². The number of benzene rings is 1. The Kier molecular flexibility index (Phi) is 6.99. The highest BCUT2D eigenvalue weighted by atomic mass is 16.5. The molecule has 2 aliphatic rings. The van der Waals surface area contributed by atoms with Gasteiger partial charge in [0, 0.05) is 30.3 Å². The number of rotatable bonds is 6. The van der Waals surface area contributed by atoms with Gasteiger partial charge in [0.15, 0.2) is 5.65 Å². The van der Waals surface area contributed by atoms with Gasteiger partial charge >= 0.3 is 0 Å². The molecule has 3 atom stereocenters. The third-order valence-electron chi connectivity index (χ3n) is 6.88. The van der Waals surface area contributed by atoms with E-state index in [-0.39, 0.29) is 18.7 Å². The van der Waals surface area contributed by atoms with Crippen LogP contribution in [-0.4, -0.2) is 72.2 Å². The van der Waals surface area contributed by atoms with Crippen molar-refractivity contribution in [2.24, 2.45) is 5.92 Å². The minimum atomic E-state index is -0.108. The number of ether oxygens (including phenoxy) is 3. The average molecular weight is 480 g/mol. The number of aliphatic hydroxyl groups excluding tert-OH is 1. The highest BCUT2D eigenvalue weighted by Crippen LogP contribution is 2.32. The predicted molar refractivity (Wildman–Crippen MR) is 135 cm³/mol. The maximum absolute atomic E-state index is 9.76.